The summed E-state index contributed by atoms with van der Waals surface area (Å²) in [6, 6.07) is 3.82. The Hall–Kier alpha value is 0.300. The highest BCUT2D eigenvalue weighted by molar-refractivity contribution is 8.00. The van der Waals surface area contributed by atoms with Crippen molar-refractivity contribution >= 4 is 34.7 Å². The van der Waals surface area contributed by atoms with Gasteiger partial charge >= 0.3 is 0 Å². The second-order valence-corrected chi connectivity index (χ2v) is 6.81. The molecule has 1 aromatic rings. The van der Waals surface area contributed by atoms with Gasteiger partial charge in [-0.15, -0.1) is 11.3 Å². The van der Waals surface area contributed by atoms with E-state index in [-0.39, 0.29) is 5.25 Å². The first kappa shape index (κ1) is 10.8. The fraction of sp³-hybridized carbons (Fsp3) is 0.600. The van der Waals surface area contributed by atoms with Crippen molar-refractivity contribution < 1.29 is 5.11 Å². The number of hydrogen-bond donors (Lipinski definition) is 1. The molecule has 1 nitrogen and oxygen atoms in total. The lowest BCUT2D eigenvalue weighted by Crippen LogP contribution is -2.37. The maximum Gasteiger partial charge on any atom is 0.110 e. The number of thioether (sulfide) groups is 1. The first-order valence-electron chi connectivity index (χ1n) is 4.73. The van der Waals surface area contributed by atoms with Crippen molar-refractivity contribution in [2.45, 2.75) is 30.6 Å². The van der Waals surface area contributed by atoms with Gasteiger partial charge in [-0.1, -0.05) is 18.5 Å². The minimum absolute atomic E-state index is 0.269. The Morgan fingerprint density at radius 3 is 2.93 bits per heavy atom. The Balaban J connectivity index is 2.29. The number of halogens is 1. The number of rotatable bonds is 1. The van der Waals surface area contributed by atoms with Crippen LogP contribution in [-0.4, -0.2) is 16.1 Å². The molecule has 1 N–H and O–H groups in total. The summed E-state index contributed by atoms with van der Waals surface area (Å²) in [6.07, 6.45) is 1.94. The van der Waals surface area contributed by atoms with Crippen molar-refractivity contribution in [1.82, 2.24) is 0 Å². The van der Waals surface area contributed by atoms with Crippen LogP contribution in [0.3, 0.4) is 0 Å². The van der Waals surface area contributed by atoms with E-state index < -0.39 is 5.60 Å². The molecule has 0 aliphatic carbocycles. The zero-order chi connectivity index (χ0) is 10.2. The minimum Gasteiger partial charge on any atom is -0.383 e. The predicted octanol–water partition coefficient (Wildman–Crippen LogP) is 3.50. The molecule has 2 heterocycles. The number of thiophene rings is 1. The Labute approximate surface area is 97.5 Å². The van der Waals surface area contributed by atoms with E-state index >= 15 is 0 Å². The summed E-state index contributed by atoms with van der Waals surface area (Å²) in [4.78, 5) is 1.02. The topological polar surface area (TPSA) is 20.2 Å². The predicted molar refractivity (Wildman–Crippen MR) is 64.4 cm³/mol. The van der Waals surface area contributed by atoms with Gasteiger partial charge in [0.1, 0.15) is 5.60 Å². The van der Waals surface area contributed by atoms with Gasteiger partial charge in [-0.3, -0.25) is 0 Å². The molecule has 1 saturated heterocycles. The molecule has 0 spiro atoms. The van der Waals surface area contributed by atoms with Crippen molar-refractivity contribution in [3.8, 4) is 0 Å². The third-order valence-corrected chi connectivity index (χ3v) is 5.55. The summed E-state index contributed by atoms with van der Waals surface area (Å²) in [5.41, 5.74) is -0.652. The van der Waals surface area contributed by atoms with Crippen LogP contribution in [0.2, 0.25) is 4.34 Å². The van der Waals surface area contributed by atoms with Crippen molar-refractivity contribution in [3.63, 3.8) is 0 Å². The molecule has 0 amide bonds. The second-order valence-electron chi connectivity index (χ2n) is 3.64. The summed E-state index contributed by atoms with van der Waals surface area (Å²) in [5.74, 6) is 1.16. The monoisotopic (exact) mass is 248 g/mol. The second kappa shape index (κ2) is 4.05. The van der Waals surface area contributed by atoms with Gasteiger partial charge in [-0.05, 0) is 30.7 Å². The average molecular weight is 249 g/mol. The molecule has 1 fully saturated rings. The highest BCUT2D eigenvalue weighted by Gasteiger charge is 2.39. The minimum atomic E-state index is -0.652. The van der Waals surface area contributed by atoms with Gasteiger partial charge in [0.2, 0.25) is 0 Å². The van der Waals surface area contributed by atoms with Gasteiger partial charge in [0.25, 0.3) is 0 Å². The van der Waals surface area contributed by atoms with E-state index in [0.717, 1.165) is 27.8 Å². The van der Waals surface area contributed by atoms with Crippen LogP contribution in [0.15, 0.2) is 12.1 Å². The highest BCUT2D eigenvalue weighted by Crippen LogP contribution is 2.44. The quantitative estimate of drug-likeness (QED) is 0.821. The van der Waals surface area contributed by atoms with Crippen molar-refractivity contribution in [3.05, 3.63) is 21.3 Å². The molecule has 78 valence electrons. The number of hydrogen-bond acceptors (Lipinski definition) is 3. The van der Waals surface area contributed by atoms with Crippen LogP contribution in [0.1, 0.15) is 24.6 Å². The van der Waals surface area contributed by atoms with Crippen LogP contribution in [0, 0.1) is 0 Å². The zero-order valence-corrected chi connectivity index (χ0v) is 10.4. The van der Waals surface area contributed by atoms with E-state index in [9.17, 15) is 5.11 Å². The van der Waals surface area contributed by atoms with Crippen molar-refractivity contribution in [2.75, 3.05) is 5.75 Å². The van der Waals surface area contributed by atoms with Crippen LogP contribution >= 0.6 is 34.7 Å². The molecule has 1 aliphatic rings. The molecule has 2 atom stereocenters. The first-order valence-corrected chi connectivity index (χ1v) is 6.97. The summed E-state index contributed by atoms with van der Waals surface area (Å²) in [7, 11) is 0. The lowest BCUT2D eigenvalue weighted by molar-refractivity contribution is 0.0291. The standard InChI is InChI=1S/C10H13ClOS2/c1-7-10(12,5-2-6-13-7)8-3-4-9(11)14-8/h3-4,7,12H,2,5-6H2,1H3. The third-order valence-electron chi connectivity index (χ3n) is 2.74. The van der Waals surface area contributed by atoms with Crippen LogP contribution in [0.25, 0.3) is 0 Å². The smallest absolute Gasteiger partial charge is 0.110 e. The maximum absolute atomic E-state index is 10.6. The van der Waals surface area contributed by atoms with E-state index in [0.29, 0.717) is 0 Å². The summed E-state index contributed by atoms with van der Waals surface area (Å²) >= 11 is 9.23. The van der Waals surface area contributed by atoms with Crippen LogP contribution in [0.5, 0.6) is 0 Å². The molecule has 0 aromatic carbocycles. The van der Waals surface area contributed by atoms with Crippen molar-refractivity contribution in [1.29, 1.82) is 0 Å². The van der Waals surface area contributed by atoms with Crippen LogP contribution in [0.4, 0.5) is 0 Å². The normalized spacial score (nSPS) is 33.2. The molecule has 14 heavy (non-hydrogen) atoms. The molecule has 2 rings (SSSR count). The Bertz CT molecular complexity index is 326. The van der Waals surface area contributed by atoms with Crippen molar-refractivity contribution in [2.24, 2.45) is 0 Å². The Morgan fingerprint density at radius 1 is 1.57 bits per heavy atom. The molecule has 4 heteroatoms. The Morgan fingerprint density at radius 2 is 2.36 bits per heavy atom. The summed E-state index contributed by atoms with van der Waals surface area (Å²) in [5, 5.41) is 10.8. The van der Waals surface area contributed by atoms with E-state index in [1.54, 1.807) is 0 Å². The molecule has 1 aromatic heterocycles. The summed E-state index contributed by atoms with van der Waals surface area (Å²) in [6.45, 7) is 2.09. The Kier molecular flexibility index (Phi) is 3.12. The van der Waals surface area contributed by atoms with Gasteiger partial charge in [-0.2, -0.15) is 11.8 Å². The van der Waals surface area contributed by atoms with E-state index in [1.807, 2.05) is 23.9 Å². The lowest BCUT2D eigenvalue weighted by atomic mass is 9.92. The molecule has 0 saturated carbocycles. The first-order chi connectivity index (χ1) is 6.63. The van der Waals surface area contributed by atoms with Gasteiger partial charge in [-0.25, -0.2) is 0 Å². The third kappa shape index (κ3) is 1.83. The average Bonchev–Trinajstić information content (AvgIpc) is 2.58. The van der Waals surface area contributed by atoms with E-state index in [1.165, 1.54) is 11.3 Å². The molecule has 2 unspecified atom stereocenters. The fourth-order valence-electron chi connectivity index (χ4n) is 1.81. The molecule has 0 bridgehead atoms. The van der Waals surface area contributed by atoms with E-state index in [2.05, 4.69) is 6.92 Å². The molecular weight excluding hydrogens is 236 g/mol. The largest absolute Gasteiger partial charge is 0.383 e. The fourth-order valence-corrected chi connectivity index (χ4v) is 4.32. The SMILES string of the molecule is CC1SCCCC1(O)c1ccc(Cl)s1. The van der Waals surface area contributed by atoms with Gasteiger partial charge in [0.15, 0.2) is 0 Å². The van der Waals surface area contributed by atoms with Gasteiger partial charge < -0.3 is 5.11 Å². The lowest BCUT2D eigenvalue weighted by Gasteiger charge is -2.36. The highest BCUT2D eigenvalue weighted by atomic mass is 35.5. The van der Waals surface area contributed by atoms with E-state index in [4.69, 9.17) is 11.6 Å². The maximum atomic E-state index is 10.6. The van der Waals surface area contributed by atoms with Crippen LogP contribution in [-0.2, 0) is 5.60 Å². The molecule has 0 radical (unpaired) electrons. The summed E-state index contributed by atoms with van der Waals surface area (Å²) < 4.78 is 0.760. The van der Waals surface area contributed by atoms with Crippen LogP contribution < -0.4 is 0 Å². The van der Waals surface area contributed by atoms with Gasteiger partial charge in [0.05, 0.1) is 4.34 Å². The zero-order valence-electron chi connectivity index (χ0n) is 8.00. The molecular formula is C10H13ClOS2. The molecule has 1 aliphatic heterocycles. The number of aliphatic hydroxyl groups is 1. The van der Waals surface area contributed by atoms with Gasteiger partial charge in [0, 0.05) is 10.1 Å².